The molecular weight excluding hydrogens is 513 g/mol. The zero-order valence-electron chi connectivity index (χ0n) is 19.5. The van der Waals surface area contributed by atoms with Crippen molar-refractivity contribution in [3.8, 4) is 11.5 Å². The quantitative estimate of drug-likeness (QED) is 0.263. The molecule has 35 heavy (non-hydrogen) atoms. The Morgan fingerprint density at radius 3 is 2.54 bits per heavy atom. The summed E-state index contributed by atoms with van der Waals surface area (Å²) < 4.78 is 16.7. The molecule has 186 valence electrons. The van der Waals surface area contributed by atoms with Gasteiger partial charge in [0, 0.05) is 15.6 Å². The van der Waals surface area contributed by atoms with Gasteiger partial charge in [0.1, 0.15) is 13.2 Å². The van der Waals surface area contributed by atoms with Crippen LogP contribution in [0.15, 0.2) is 41.3 Å². The van der Waals surface area contributed by atoms with Crippen molar-refractivity contribution in [2.75, 3.05) is 19.8 Å². The lowest BCUT2D eigenvalue weighted by molar-refractivity contribution is -0.147. The van der Waals surface area contributed by atoms with Gasteiger partial charge in [-0.1, -0.05) is 49.2 Å². The van der Waals surface area contributed by atoms with Gasteiger partial charge in [0.15, 0.2) is 11.5 Å². The number of hydrogen-bond donors (Lipinski definition) is 0. The molecule has 0 aromatic heterocycles. The standard InChI is InChI=1S/C25H25Cl2NO6S/c1-4-32-21-9-16(5-8-20(21)33-14-17-6-7-18(26)11-19(17)27)10-22-24(30)28(25(31)35-22)12-23(29)34-13-15(2)3/h5-11,15H,4,12-14H2,1-3H3/b22-10+. The van der Waals surface area contributed by atoms with Crippen LogP contribution in [0.3, 0.4) is 0 Å². The Hall–Kier alpha value is -2.68. The van der Waals surface area contributed by atoms with Crippen LogP contribution in [0.5, 0.6) is 11.5 Å². The summed E-state index contributed by atoms with van der Waals surface area (Å²) in [6, 6.07) is 10.3. The van der Waals surface area contributed by atoms with Crippen LogP contribution in [0, 0.1) is 5.92 Å². The normalized spacial score (nSPS) is 14.7. The number of ether oxygens (including phenoxy) is 3. The molecule has 1 fully saturated rings. The lowest BCUT2D eigenvalue weighted by Gasteiger charge is -2.14. The van der Waals surface area contributed by atoms with Gasteiger partial charge in [-0.15, -0.1) is 0 Å². The molecule has 2 amide bonds. The van der Waals surface area contributed by atoms with Crippen LogP contribution in [0.1, 0.15) is 31.9 Å². The summed E-state index contributed by atoms with van der Waals surface area (Å²) in [6.07, 6.45) is 1.58. The van der Waals surface area contributed by atoms with Crippen LogP contribution in [-0.4, -0.2) is 41.8 Å². The average molecular weight is 538 g/mol. The topological polar surface area (TPSA) is 82.1 Å². The average Bonchev–Trinajstić information content (AvgIpc) is 3.05. The largest absolute Gasteiger partial charge is 0.490 e. The number of nitrogens with zero attached hydrogens (tertiary/aromatic N) is 1. The Morgan fingerprint density at radius 2 is 1.86 bits per heavy atom. The predicted molar refractivity (Wildman–Crippen MR) is 137 cm³/mol. The number of carbonyl (C=O) groups is 3. The highest BCUT2D eigenvalue weighted by Crippen LogP contribution is 2.35. The van der Waals surface area contributed by atoms with Crippen molar-refractivity contribution in [1.29, 1.82) is 0 Å². The number of amides is 2. The monoisotopic (exact) mass is 537 g/mol. The Balaban J connectivity index is 1.73. The van der Waals surface area contributed by atoms with Gasteiger partial charge in [-0.2, -0.15) is 0 Å². The molecule has 2 aromatic rings. The molecule has 0 atom stereocenters. The van der Waals surface area contributed by atoms with Crippen LogP contribution in [0.2, 0.25) is 10.0 Å². The van der Waals surface area contributed by atoms with E-state index in [2.05, 4.69) is 0 Å². The SMILES string of the molecule is CCOc1cc(/C=C2/SC(=O)N(CC(=O)OCC(C)C)C2=O)ccc1OCc1ccc(Cl)cc1Cl. The summed E-state index contributed by atoms with van der Waals surface area (Å²) >= 11 is 12.9. The van der Waals surface area contributed by atoms with Gasteiger partial charge in [-0.05, 0) is 60.5 Å². The molecule has 1 heterocycles. The molecule has 7 nitrogen and oxygen atoms in total. The molecule has 0 unspecified atom stereocenters. The third-order valence-electron chi connectivity index (χ3n) is 4.70. The van der Waals surface area contributed by atoms with Crippen molar-refractivity contribution in [1.82, 2.24) is 4.90 Å². The van der Waals surface area contributed by atoms with E-state index in [1.54, 1.807) is 42.5 Å². The molecule has 1 aliphatic rings. The Morgan fingerprint density at radius 1 is 1.09 bits per heavy atom. The number of thioether (sulfide) groups is 1. The van der Waals surface area contributed by atoms with Gasteiger partial charge in [0.05, 0.1) is 18.1 Å². The van der Waals surface area contributed by atoms with E-state index in [4.69, 9.17) is 37.4 Å². The second kappa shape index (κ2) is 12.3. The molecule has 0 radical (unpaired) electrons. The summed E-state index contributed by atoms with van der Waals surface area (Å²) in [4.78, 5) is 38.1. The molecular formula is C25H25Cl2NO6S. The van der Waals surface area contributed by atoms with Crippen molar-refractivity contribution in [2.24, 2.45) is 5.92 Å². The number of esters is 1. The van der Waals surface area contributed by atoms with Crippen molar-refractivity contribution < 1.29 is 28.6 Å². The van der Waals surface area contributed by atoms with Crippen LogP contribution < -0.4 is 9.47 Å². The first-order chi connectivity index (χ1) is 16.7. The summed E-state index contributed by atoms with van der Waals surface area (Å²) in [5, 5.41) is 0.512. The van der Waals surface area contributed by atoms with E-state index in [1.165, 1.54) is 0 Å². The number of hydrogen-bond acceptors (Lipinski definition) is 7. The molecule has 1 saturated heterocycles. The molecule has 3 rings (SSSR count). The second-order valence-electron chi connectivity index (χ2n) is 8.01. The van der Waals surface area contributed by atoms with E-state index in [0.717, 1.165) is 22.2 Å². The van der Waals surface area contributed by atoms with Gasteiger partial charge in [0.2, 0.25) is 0 Å². The van der Waals surface area contributed by atoms with Gasteiger partial charge in [0.25, 0.3) is 11.1 Å². The van der Waals surface area contributed by atoms with Crippen molar-refractivity contribution in [3.63, 3.8) is 0 Å². The van der Waals surface area contributed by atoms with E-state index >= 15 is 0 Å². The Kier molecular flexibility index (Phi) is 9.48. The molecule has 0 bridgehead atoms. The molecule has 0 saturated carbocycles. The van der Waals surface area contributed by atoms with Crippen molar-refractivity contribution in [3.05, 3.63) is 62.5 Å². The van der Waals surface area contributed by atoms with Crippen molar-refractivity contribution in [2.45, 2.75) is 27.4 Å². The third kappa shape index (κ3) is 7.40. The lowest BCUT2D eigenvalue weighted by atomic mass is 10.1. The van der Waals surface area contributed by atoms with Crippen LogP contribution >= 0.6 is 35.0 Å². The lowest BCUT2D eigenvalue weighted by Crippen LogP contribution is -2.34. The minimum Gasteiger partial charge on any atom is -0.490 e. The highest BCUT2D eigenvalue weighted by molar-refractivity contribution is 8.18. The summed E-state index contributed by atoms with van der Waals surface area (Å²) in [7, 11) is 0. The molecule has 1 aliphatic heterocycles. The Bertz CT molecular complexity index is 1150. The summed E-state index contributed by atoms with van der Waals surface area (Å²) in [5.41, 5.74) is 1.40. The molecule has 0 spiro atoms. The first-order valence-electron chi connectivity index (χ1n) is 10.9. The first kappa shape index (κ1) is 26.9. The highest BCUT2D eigenvalue weighted by Gasteiger charge is 2.36. The number of imide groups is 1. The molecule has 2 aromatic carbocycles. The zero-order chi connectivity index (χ0) is 25.5. The fourth-order valence-corrected chi connectivity index (χ4v) is 4.32. The number of carbonyl (C=O) groups excluding carboxylic acids is 3. The van der Waals surface area contributed by atoms with Gasteiger partial charge in [-0.3, -0.25) is 19.3 Å². The van der Waals surface area contributed by atoms with E-state index in [0.29, 0.717) is 33.7 Å². The van der Waals surface area contributed by atoms with Gasteiger partial charge < -0.3 is 14.2 Å². The molecule has 0 N–H and O–H groups in total. The molecule has 10 heteroatoms. The highest BCUT2D eigenvalue weighted by atomic mass is 35.5. The van der Waals surface area contributed by atoms with Crippen LogP contribution in [0.4, 0.5) is 4.79 Å². The van der Waals surface area contributed by atoms with Gasteiger partial charge in [-0.25, -0.2) is 0 Å². The summed E-state index contributed by atoms with van der Waals surface area (Å²) in [6.45, 7) is 6.06. The zero-order valence-corrected chi connectivity index (χ0v) is 21.8. The van der Waals surface area contributed by atoms with Gasteiger partial charge >= 0.3 is 5.97 Å². The van der Waals surface area contributed by atoms with E-state index < -0.39 is 23.7 Å². The van der Waals surface area contributed by atoms with Crippen LogP contribution in [0.25, 0.3) is 6.08 Å². The van der Waals surface area contributed by atoms with E-state index in [1.807, 2.05) is 20.8 Å². The maximum absolute atomic E-state index is 12.7. The predicted octanol–water partition coefficient (Wildman–Crippen LogP) is 6.21. The van der Waals surface area contributed by atoms with E-state index in [9.17, 15) is 14.4 Å². The minimum absolute atomic E-state index is 0.156. The smallest absolute Gasteiger partial charge is 0.326 e. The van der Waals surface area contributed by atoms with E-state index in [-0.39, 0.29) is 24.0 Å². The minimum atomic E-state index is -0.622. The first-order valence-corrected chi connectivity index (χ1v) is 12.5. The maximum Gasteiger partial charge on any atom is 0.326 e. The fraction of sp³-hybridized carbons (Fsp3) is 0.320. The maximum atomic E-state index is 12.7. The van der Waals surface area contributed by atoms with Crippen LogP contribution in [-0.2, 0) is 20.9 Å². The third-order valence-corrected chi connectivity index (χ3v) is 6.20. The number of halogens is 2. The Labute approximate surface area is 218 Å². The fourth-order valence-electron chi connectivity index (χ4n) is 3.02. The second-order valence-corrected chi connectivity index (χ2v) is 9.85. The summed E-state index contributed by atoms with van der Waals surface area (Å²) in [5.74, 6) is -0.0392. The number of benzene rings is 2. The van der Waals surface area contributed by atoms with Crippen molar-refractivity contribution >= 4 is 58.2 Å². The molecule has 0 aliphatic carbocycles. The number of rotatable bonds is 10.